The number of hydrogen-bond donors (Lipinski definition) is 0. The summed E-state index contributed by atoms with van der Waals surface area (Å²) in [5.74, 6) is 2.99. The van der Waals surface area contributed by atoms with Crippen molar-refractivity contribution in [2.45, 2.75) is 56.5 Å². The topological polar surface area (TPSA) is 61.8 Å². The number of nitrogens with zero attached hydrogens (tertiary/aromatic N) is 5. The van der Waals surface area contributed by atoms with Crippen molar-refractivity contribution in [3.8, 4) is 0 Å². The summed E-state index contributed by atoms with van der Waals surface area (Å²) in [7, 11) is 0. The standard InChI is InChI=1S/C21H31N5O2/c27-21-18(2-1-9-26(21)17-6-14-28-15-7-17)24-10-12-25(13-11-24)19-5-8-22-20(23-19)16-3-4-16/h5,8,16-18H,1-4,6-7,9-15H2/t18-/m1/s1. The van der Waals surface area contributed by atoms with E-state index in [-0.39, 0.29) is 6.04 Å². The van der Waals surface area contributed by atoms with Crippen LogP contribution >= 0.6 is 0 Å². The highest BCUT2D eigenvalue weighted by Gasteiger charge is 2.38. The Morgan fingerprint density at radius 2 is 1.75 bits per heavy atom. The molecule has 7 nitrogen and oxygen atoms in total. The van der Waals surface area contributed by atoms with Crippen LogP contribution < -0.4 is 4.90 Å². The maximum absolute atomic E-state index is 13.2. The highest BCUT2D eigenvalue weighted by Crippen LogP contribution is 2.38. The average molecular weight is 386 g/mol. The molecule has 1 aromatic heterocycles. The lowest BCUT2D eigenvalue weighted by molar-refractivity contribution is -0.145. The van der Waals surface area contributed by atoms with Gasteiger partial charge in [-0.1, -0.05) is 0 Å². The van der Waals surface area contributed by atoms with Crippen LogP contribution in [0.15, 0.2) is 12.3 Å². The molecule has 1 aliphatic carbocycles. The first-order valence-corrected chi connectivity index (χ1v) is 11.0. The van der Waals surface area contributed by atoms with Gasteiger partial charge in [0.1, 0.15) is 11.6 Å². The van der Waals surface area contributed by atoms with Crippen LogP contribution in [-0.4, -0.2) is 83.7 Å². The fourth-order valence-electron chi connectivity index (χ4n) is 4.92. The molecule has 0 radical (unpaired) electrons. The van der Waals surface area contributed by atoms with Gasteiger partial charge in [-0.25, -0.2) is 9.97 Å². The molecule has 0 aromatic carbocycles. The smallest absolute Gasteiger partial charge is 0.240 e. The first kappa shape index (κ1) is 18.3. The van der Waals surface area contributed by atoms with Crippen molar-refractivity contribution in [3.05, 3.63) is 18.1 Å². The van der Waals surface area contributed by atoms with E-state index in [0.29, 0.717) is 17.9 Å². The van der Waals surface area contributed by atoms with Gasteiger partial charge in [0, 0.05) is 64.1 Å². The number of anilines is 1. The SMILES string of the molecule is O=C1[C@H](N2CCN(c3ccnc(C4CC4)n3)CC2)CCCN1C1CCOCC1. The lowest BCUT2D eigenvalue weighted by Crippen LogP contribution is -2.59. The monoisotopic (exact) mass is 385 g/mol. The molecule has 0 bridgehead atoms. The van der Waals surface area contributed by atoms with Gasteiger partial charge in [0.2, 0.25) is 5.91 Å². The molecule has 1 amide bonds. The third kappa shape index (κ3) is 3.74. The third-order valence-corrected chi connectivity index (χ3v) is 6.76. The Kier molecular flexibility index (Phi) is 5.20. The van der Waals surface area contributed by atoms with Gasteiger partial charge >= 0.3 is 0 Å². The minimum atomic E-state index is 0.0613. The van der Waals surface area contributed by atoms with Crippen molar-refractivity contribution in [1.82, 2.24) is 19.8 Å². The molecular weight excluding hydrogens is 354 g/mol. The first-order valence-electron chi connectivity index (χ1n) is 11.0. The van der Waals surface area contributed by atoms with E-state index in [2.05, 4.69) is 19.7 Å². The number of carbonyl (C=O) groups excluding carboxylic acids is 1. The summed E-state index contributed by atoms with van der Waals surface area (Å²) >= 11 is 0. The second-order valence-electron chi connectivity index (χ2n) is 8.60. The van der Waals surface area contributed by atoms with E-state index in [0.717, 1.165) is 83.3 Å². The Balaban J connectivity index is 1.20. The van der Waals surface area contributed by atoms with Crippen LogP contribution in [0, 0.1) is 0 Å². The normalized spacial score (nSPS) is 28.0. The summed E-state index contributed by atoms with van der Waals surface area (Å²) in [6.45, 7) is 6.23. The van der Waals surface area contributed by atoms with Crippen molar-refractivity contribution in [3.63, 3.8) is 0 Å². The zero-order valence-corrected chi connectivity index (χ0v) is 16.6. The minimum Gasteiger partial charge on any atom is -0.381 e. The van der Waals surface area contributed by atoms with Crippen molar-refractivity contribution in [1.29, 1.82) is 0 Å². The van der Waals surface area contributed by atoms with Gasteiger partial charge in [0.25, 0.3) is 0 Å². The Morgan fingerprint density at radius 3 is 2.50 bits per heavy atom. The van der Waals surface area contributed by atoms with Gasteiger partial charge in [-0.3, -0.25) is 9.69 Å². The Hall–Kier alpha value is -1.73. The molecule has 5 rings (SSSR count). The lowest BCUT2D eigenvalue weighted by Gasteiger charge is -2.45. The van der Waals surface area contributed by atoms with Crippen LogP contribution in [-0.2, 0) is 9.53 Å². The van der Waals surface area contributed by atoms with E-state index < -0.39 is 0 Å². The summed E-state index contributed by atoms with van der Waals surface area (Å²) in [6.07, 6.45) is 8.45. The number of likely N-dealkylation sites (tertiary alicyclic amines) is 1. The number of aromatic nitrogens is 2. The minimum absolute atomic E-state index is 0.0613. The van der Waals surface area contributed by atoms with E-state index in [4.69, 9.17) is 9.72 Å². The molecule has 0 N–H and O–H groups in total. The van der Waals surface area contributed by atoms with E-state index >= 15 is 0 Å². The molecule has 0 spiro atoms. The summed E-state index contributed by atoms with van der Waals surface area (Å²) < 4.78 is 5.49. The van der Waals surface area contributed by atoms with E-state index in [9.17, 15) is 4.79 Å². The van der Waals surface area contributed by atoms with Crippen molar-refractivity contribution >= 4 is 11.7 Å². The van der Waals surface area contributed by atoms with Gasteiger partial charge in [0.05, 0.1) is 6.04 Å². The lowest BCUT2D eigenvalue weighted by atomic mass is 9.97. The quantitative estimate of drug-likeness (QED) is 0.785. The molecule has 3 aliphatic heterocycles. The molecule has 1 aromatic rings. The number of amides is 1. The van der Waals surface area contributed by atoms with Crippen LogP contribution in [0.25, 0.3) is 0 Å². The molecule has 1 saturated carbocycles. The van der Waals surface area contributed by atoms with Crippen molar-refractivity contribution in [2.24, 2.45) is 0 Å². The van der Waals surface area contributed by atoms with Gasteiger partial charge in [-0.05, 0) is 44.6 Å². The van der Waals surface area contributed by atoms with Crippen LogP contribution in [0.3, 0.4) is 0 Å². The van der Waals surface area contributed by atoms with Gasteiger partial charge in [-0.2, -0.15) is 0 Å². The number of hydrogen-bond acceptors (Lipinski definition) is 6. The predicted octanol–water partition coefficient (Wildman–Crippen LogP) is 1.65. The zero-order chi connectivity index (χ0) is 18.9. The second-order valence-corrected chi connectivity index (χ2v) is 8.60. The largest absolute Gasteiger partial charge is 0.381 e. The fourth-order valence-corrected chi connectivity index (χ4v) is 4.92. The Bertz CT molecular complexity index is 696. The van der Waals surface area contributed by atoms with Crippen LogP contribution in [0.2, 0.25) is 0 Å². The summed E-state index contributed by atoms with van der Waals surface area (Å²) in [5.41, 5.74) is 0. The number of piperazine rings is 1. The number of rotatable bonds is 4. The van der Waals surface area contributed by atoms with Gasteiger partial charge in [-0.15, -0.1) is 0 Å². The van der Waals surface area contributed by atoms with E-state index in [1.165, 1.54) is 12.8 Å². The highest BCUT2D eigenvalue weighted by molar-refractivity contribution is 5.83. The van der Waals surface area contributed by atoms with Crippen LogP contribution in [0.4, 0.5) is 5.82 Å². The van der Waals surface area contributed by atoms with E-state index in [1.807, 2.05) is 12.3 Å². The summed E-state index contributed by atoms with van der Waals surface area (Å²) in [4.78, 5) is 29.4. The zero-order valence-electron chi connectivity index (χ0n) is 16.6. The number of carbonyl (C=O) groups is 1. The van der Waals surface area contributed by atoms with E-state index in [1.54, 1.807) is 0 Å². The molecule has 3 saturated heterocycles. The molecule has 152 valence electrons. The Labute approximate surface area is 167 Å². The number of piperidine rings is 1. The molecule has 1 atom stereocenters. The van der Waals surface area contributed by atoms with Crippen LogP contribution in [0.5, 0.6) is 0 Å². The maximum Gasteiger partial charge on any atom is 0.240 e. The maximum atomic E-state index is 13.2. The first-order chi connectivity index (χ1) is 13.8. The summed E-state index contributed by atoms with van der Waals surface area (Å²) in [5, 5.41) is 0. The number of ether oxygens (including phenoxy) is 1. The molecule has 4 heterocycles. The Morgan fingerprint density at radius 1 is 0.964 bits per heavy atom. The molecule has 4 fully saturated rings. The average Bonchev–Trinajstić information content (AvgIpc) is 3.60. The molecular formula is C21H31N5O2. The molecule has 7 heteroatoms. The van der Waals surface area contributed by atoms with Crippen molar-refractivity contribution < 1.29 is 9.53 Å². The third-order valence-electron chi connectivity index (χ3n) is 6.76. The van der Waals surface area contributed by atoms with Crippen LogP contribution in [0.1, 0.15) is 50.3 Å². The van der Waals surface area contributed by atoms with Gasteiger partial charge < -0.3 is 14.5 Å². The summed E-state index contributed by atoms with van der Waals surface area (Å²) in [6, 6.07) is 2.47. The molecule has 4 aliphatic rings. The molecule has 0 unspecified atom stereocenters. The molecule has 28 heavy (non-hydrogen) atoms. The van der Waals surface area contributed by atoms with Gasteiger partial charge in [0.15, 0.2) is 0 Å². The van der Waals surface area contributed by atoms with Crippen molar-refractivity contribution in [2.75, 3.05) is 50.8 Å². The highest BCUT2D eigenvalue weighted by atomic mass is 16.5. The predicted molar refractivity (Wildman–Crippen MR) is 106 cm³/mol. The second kappa shape index (κ2) is 7.95. The fraction of sp³-hybridized carbons (Fsp3) is 0.762.